The van der Waals surface area contributed by atoms with E-state index in [4.69, 9.17) is 4.42 Å². The summed E-state index contributed by atoms with van der Waals surface area (Å²) in [4.78, 5) is 4.87. The van der Waals surface area contributed by atoms with Crippen LogP contribution >= 0.6 is 0 Å². The summed E-state index contributed by atoms with van der Waals surface area (Å²) in [6, 6.07) is 123. The molecule has 1 heterocycles. The largest absolute Gasteiger partial charge is 0.456 e. The van der Waals surface area contributed by atoms with Gasteiger partial charge in [-0.2, -0.15) is 0 Å². The Labute approximate surface area is 646 Å². The van der Waals surface area contributed by atoms with Gasteiger partial charge >= 0.3 is 0 Å². The lowest BCUT2D eigenvalue weighted by molar-refractivity contribution is -0.0399. The van der Waals surface area contributed by atoms with Gasteiger partial charge in [0.25, 0.3) is 0 Å². The number of nitrogens with zero attached hydrogens (tertiary/aromatic N) is 2. The first-order chi connectivity index (χ1) is 54.2. The molecule has 0 radical (unpaired) electrons. The molecule has 8 fully saturated rings. The molecule has 0 N–H and O–H groups in total. The molecular weight excluding hydrogens is 1330 g/mol. The van der Waals surface area contributed by atoms with E-state index in [1.54, 1.807) is 22.3 Å². The Morgan fingerprint density at radius 1 is 0.245 bits per heavy atom. The highest BCUT2D eigenvalue weighted by atomic mass is 16.3. The first-order valence-electron chi connectivity index (χ1n) is 40.9. The minimum Gasteiger partial charge on any atom is -0.456 e. The predicted octanol–water partition coefficient (Wildman–Crippen LogP) is 28.6. The van der Waals surface area contributed by atoms with Gasteiger partial charge in [0.05, 0.1) is 5.69 Å². The zero-order valence-corrected chi connectivity index (χ0v) is 62.7. The number of fused-ring (bicyclic) bond motifs is 12. The molecule has 1 aromatic heterocycles. The summed E-state index contributed by atoms with van der Waals surface area (Å²) in [6.07, 6.45) is 14.3. The van der Waals surface area contributed by atoms with E-state index in [1.807, 2.05) is 6.07 Å². The number of anilines is 6. The molecule has 532 valence electrons. The molecule has 0 amide bonds. The minimum absolute atomic E-state index is 0.0814. The summed E-state index contributed by atoms with van der Waals surface area (Å²) < 4.78 is 6.41. The zero-order chi connectivity index (χ0) is 72.6. The number of para-hydroxylation sites is 1. The van der Waals surface area contributed by atoms with Gasteiger partial charge in [-0.1, -0.05) is 250 Å². The Balaban J connectivity index is 0.000000132. The van der Waals surface area contributed by atoms with Crippen LogP contribution in [0.5, 0.6) is 0 Å². The molecule has 15 aromatic rings. The molecule has 3 nitrogen and oxygen atoms in total. The monoisotopic (exact) mass is 1420 g/mol. The van der Waals surface area contributed by atoms with Crippen molar-refractivity contribution >= 4 is 56.1 Å². The zero-order valence-electron chi connectivity index (χ0n) is 62.7. The molecule has 11 aliphatic carbocycles. The van der Waals surface area contributed by atoms with Gasteiger partial charge in [-0.15, -0.1) is 0 Å². The topological polar surface area (TPSA) is 19.6 Å². The maximum atomic E-state index is 6.41. The van der Waals surface area contributed by atoms with Crippen LogP contribution in [0.4, 0.5) is 34.1 Å². The lowest BCUT2D eigenvalue weighted by Gasteiger charge is -2.61. The van der Waals surface area contributed by atoms with Crippen molar-refractivity contribution in [2.45, 2.75) is 94.3 Å². The van der Waals surface area contributed by atoms with E-state index in [1.165, 1.54) is 165 Å². The summed E-state index contributed by atoms with van der Waals surface area (Å²) in [6.45, 7) is 4.75. The SMILES string of the molecule is CC1(C)c2ccccc2-c2c(N(c3ccc(-c4ccccc4)cc3)c3cccc(-c4ccc5c(c4)-c4ccccc4C54C5CC6CC(C5)CC4C6)c3)cccc21.c1ccc(-c2ccc(N(c3cccc(-c4ccc5c(c4)-c4ccccc4C54C5CC6CC(C5)CC4C6)c3)c3ccc4c(c3)oc3ccccc34)cc2)cc1. The van der Waals surface area contributed by atoms with Gasteiger partial charge in [-0.25, -0.2) is 0 Å². The number of benzene rings is 14. The summed E-state index contributed by atoms with van der Waals surface area (Å²) in [5, 5.41) is 2.28. The van der Waals surface area contributed by atoms with Crippen molar-refractivity contribution in [3.63, 3.8) is 0 Å². The van der Waals surface area contributed by atoms with E-state index >= 15 is 0 Å². The number of hydrogen-bond donors (Lipinski definition) is 0. The Morgan fingerprint density at radius 2 is 0.618 bits per heavy atom. The van der Waals surface area contributed by atoms with Crippen molar-refractivity contribution in [2.24, 2.45) is 47.3 Å². The van der Waals surface area contributed by atoms with Gasteiger partial charge in [0.15, 0.2) is 0 Å². The Kier molecular flexibility index (Phi) is 14.5. The van der Waals surface area contributed by atoms with E-state index in [-0.39, 0.29) is 16.2 Å². The van der Waals surface area contributed by atoms with E-state index in [0.29, 0.717) is 0 Å². The van der Waals surface area contributed by atoms with Crippen LogP contribution < -0.4 is 9.80 Å². The minimum atomic E-state index is -0.0814. The summed E-state index contributed by atoms with van der Waals surface area (Å²) in [5.41, 5.74) is 36.7. The Morgan fingerprint density at radius 3 is 1.15 bits per heavy atom. The number of hydrogen-bond acceptors (Lipinski definition) is 3. The van der Waals surface area contributed by atoms with E-state index < -0.39 is 0 Å². The predicted molar refractivity (Wildman–Crippen MR) is 455 cm³/mol. The Bertz CT molecular complexity index is 6120. The van der Waals surface area contributed by atoms with Crippen molar-refractivity contribution in [2.75, 3.05) is 9.80 Å². The van der Waals surface area contributed by atoms with Crippen LogP contribution in [-0.2, 0) is 16.2 Å². The van der Waals surface area contributed by atoms with Crippen LogP contribution in [0.25, 0.3) is 99.8 Å². The summed E-state index contributed by atoms with van der Waals surface area (Å²) in [5.74, 6) is 6.89. The molecule has 14 aromatic carbocycles. The molecule has 0 unspecified atom stereocenters. The fourth-order valence-corrected chi connectivity index (χ4v) is 24.8. The maximum Gasteiger partial charge on any atom is 0.137 e. The molecule has 8 bridgehead atoms. The summed E-state index contributed by atoms with van der Waals surface area (Å²) in [7, 11) is 0. The van der Waals surface area contributed by atoms with Crippen molar-refractivity contribution in [1.82, 2.24) is 0 Å². The second kappa shape index (κ2) is 24.7. The molecule has 0 saturated heterocycles. The van der Waals surface area contributed by atoms with Crippen molar-refractivity contribution in [1.29, 1.82) is 0 Å². The lowest BCUT2D eigenvalue weighted by atomic mass is 9.43. The van der Waals surface area contributed by atoms with Crippen molar-refractivity contribution in [3.8, 4) is 77.9 Å². The Hall–Kier alpha value is -11.5. The van der Waals surface area contributed by atoms with Crippen LogP contribution in [0.1, 0.15) is 111 Å². The average Bonchev–Trinajstić information content (AvgIpc) is 1.49. The van der Waals surface area contributed by atoms with Crippen molar-refractivity contribution in [3.05, 3.63) is 361 Å². The molecule has 26 rings (SSSR count). The average molecular weight is 1420 g/mol. The fraction of sp³-hybridized carbons (Fsp3) is 0.215. The fourth-order valence-electron chi connectivity index (χ4n) is 24.8. The maximum absolute atomic E-state index is 6.41. The normalized spacial score (nSPS) is 23.7. The smallest absolute Gasteiger partial charge is 0.137 e. The third-order valence-electron chi connectivity index (χ3n) is 28.9. The molecule has 110 heavy (non-hydrogen) atoms. The first kappa shape index (κ1) is 64.5. The molecular formula is C107H88N2O. The third-order valence-corrected chi connectivity index (χ3v) is 28.9. The van der Waals surface area contributed by atoms with E-state index in [9.17, 15) is 0 Å². The molecule has 3 heteroatoms. The van der Waals surface area contributed by atoms with Gasteiger partial charge in [0.2, 0.25) is 0 Å². The van der Waals surface area contributed by atoms with Gasteiger partial charge in [0, 0.05) is 67.1 Å². The molecule has 11 aliphatic rings. The summed E-state index contributed by atoms with van der Waals surface area (Å²) >= 11 is 0. The first-order valence-corrected chi connectivity index (χ1v) is 40.9. The van der Waals surface area contributed by atoms with Crippen LogP contribution in [0.2, 0.25) is 0 Å². The number of furan rings is 1. The third kappa shape index (κ3) is 9.68. The highest BCUT2D eigenvalue weighted by Gasteiger charge is 2.63. The lowest BCUT2D eigenvalue weighted by Crippen LogP contribution is -2.55. The van der Waals surface area contributed by atoms with Gasteiger partial charge < -0.3 is 14.2 Å². The van der Waals surface area contributed by atoms with Gasteiger partial charge in [0.1, 0.15) is 11.2 Å². The van der Waals surface area contributed by atoms with E-state index in [0.717, 1.165) is 92.0 Å². The molecule has 0 aliphatic heterocycles. The second-order valence-corrected chi connectivity index (χ2v) is 34.7. The van der Waals surface area contributed by atoms with Crippen LogP contribution in [0.15, 0.2) is 332 Å². The van der Waals surface area contributed by atoms with Crippen LogP contribution in [0, 0.1) is 47.3 Å². The molecule has 0 atom stereocenters. The van der Waals surface area contributed by atoms with E-state index in [2.05, 4.69) is 345 Å². The van der Waals surface area contributed by atoms with Gasteiger partial charge in [-0.3, -0.25) is 0 Å². The van der Waals surface area contributed by atoms with Crippen LogP contribution in [-0.4, -0.2) is 0 Å². The molecule has 8 saturated carbocycles. The van der Waals surface area contributed by atoms with Crippen molar-refractivity contribution < 1.29 is 4.42 Å². The highest BCUT2D eigenvalue weighted by molar-refractivity contribution is 6.06. The quantitative estimate of drug-likeness (QED) is 0.136. The second-order valence-electron chi connectivity index (χ2n) is 34.7. The number of rotatable bonds is 10. The van der Waals surface area contributed by atoms with Crippen LogP contribution in [0.3, 0.4) is 0 Å². The molecule has 2 spiro atoms. The highest BCUT2D eigenvalue weighted by Crippen LogP contribution is 2.72. The standard InChI is InChI=1S/C55H47N.C52H41NO/c1-54(2)48-18-8-7-17-46(48)53-51(54)20-11-21-52(53)56(43-25-22-38(23-26-43)37-12-4-3-5-13-37)44-15-10-14-39(33-44)40-24-27-50-47(34-40)45-16-6-9-19-49(45)55(50)41-29-35-28-36(31-41)32-42(55)30-35;1-2-9-35(10-3-1)36-17-20-41(21-18-36)53(43-22-23-46-45-14-5-7-16-50(45)54-51(46)32-43)42-12-8-11-37(30-42)38-19-24-49-47(31-38)44-13-4-6-15-48(44)52(49)39-26-33-25-34(28-39)29-40(52)27-33/h3-27,33-36,41-42H,28-32H2,1-2H3;1-24,30-34,39-40H,25-29H2. The van der Waals surface area contributed by atoms with Gasteiger partial charge in [-0.05, 0) is 302 Å².